The second-order valence-corrected chi connectivity index (χ2v) is 6.00. The van der Waals surface area contributed by atoms with E-state index in [9.17, 15) is 0 Å². The highest BCUT2D eigenvalue weighted by molar-refractivity contribution is 5.85. The Kier molecular flexibility index (Phi) is 3.91. The normalized spacial score (nSPS) is 18.7. The zero-order valence-electron chi connectivity index (χ0n) is 12.0. The van der Waals surface area contributed by atoms with Crippen LogP contribution in [0.25, 0.3) is 10.9 Å². The zero-order valence-corrected chi connectivity index (χ0v) is 12.0. The van der Waals surface area contributed by atoms with Crippen LogP contribution >= 0.6 is 0 Å². The van der Waals surface area contributed by atoms with Crippen molar-refractivity contribution in [2.45, 2.75) is 64.2 Å². The minimum Gasteiger partial charge on any atom is -0.358 e. The van der Waals surface area contributed by atoms with Crippen molar-refractivity contribution in [3.8, 4) is 0 Å². The van der Waals surface area contributed by atoms with E-state index in [2.05, 4.69) is 36.2 Å². The SMILES string of the molecule is CCCCCCC1CCCc2c1[nH]c1ccccc21. The molecule has 102 valence electrons. The number of para-hydroxylation sites is 1. The Hall–Kier alpha value is -1.24. The molecule has 3 rings (SSSR count). The molecule has 1 heteroatoms. The first-order chi connectivity index (χ1) is 9.40. The van der Waals surface area contributed by atoms with Gasteiger partial charge in [-0.2, -0.15) is 0 Å². The minimum absolute atomic E-state index is 0.785. The molecule has 1 aromatic heterocycles. The smallest absolute Gasteiger partial charge is 0.0459 e. The van der Waals surface area contributed by atoms with Crippen LogP contribution in [0.4, 0.5) is 0 Å². The molecule has 0 aliphatic heterocycles. The van der Waals surface area contributed by atoms with Gasteiger partial charge in [0.2, 0.25) is 0 Å². The highest BCUT2D eigenvalue weighted by atomic mass is 14.7. The Morgan fingerprint density at radius 2 is 2.05 bits per heavy atom. The first-order valence-corrected chi connectivity index (χ1v) is 7.99. The monoisotopic (exact) mass is 255 g/mol. The number of hydrogen-bond acceptors (Lipinski definition) is 0. The fourth-order valence-electron chi connectivity index (χ4n) is 3.61. The first-order valence-electron chi connectivity index (χ1n) is 7.99. The van der Waals surface area contributed by atoms with Crippen LogP contribution in [0.5, 0.6) is 0 Å². The molecule has 1 atom stereocenters. The van der Waals surface area contributed by atoms with Gasteiger partial charge in [-0.1, -0.05) is 50.8 Å². The number of fused-ring (bicyclic) bond motifs is 3. The molecule has 0 saturated heterocycles. The van der Waals surface area contributed by atoms with Crippen molar-refractivity contribution in [1.82, 2.24) is 4.98 Å². The van der Waals surface area contributed by atoms with Gasteiger partial charge in [0.05, 0.1) is 0 Å². The Morgan fingerprint density at radius 3 is 2.95 bits per heavy atom. The molecule has 0 fully saturated rings. The van der Waals surface area contributed by atoms with Gasteiger partial charge in [0.25, 0.3) is 0 Å². The predicted molar refractivity (Wildman–Crippen MR) is 82.7 cm³/mol. The van der Waals surface area contributed by atoms with Gasteiger partial charge in [-0.25, -0.2) is 0 Å². The quantitative estimate of drug-likeness (QED) is 0.673. The van der Waals surface area contributed by atoms with Crippen LogP contribution in [0.3, 0.4) is 0 Å². The van der Waals surface area contributed by atoms with Crippen LogP contribution < -0.4 is 0 Å². The van der Waals surface area contributed by atoms with Crippen molar-refractivity contribution in [1.29, 1.82) is 0 Å². The van der Waals surface area contributed by atoms with E-state index in [1.54, 1.807) is 11.3 Å². The summed E-state index contributed by atoms with van der Waals surface area (Å²) in [6.07, 6.45) is 10.9. The molecule has 1 aromatic carbocycles. The number of nitrogens with one attached hydrogen (secondary N) is 1. The third-order valence-electron chi connectivity index (χ3n) is 4.64. The zero-order chi connectivity index (χ0) is 13.1. The predicted octanol–water partition coefficient (Wildman–Crippen LogP) is 5.56. The standard InChI is InChI=1S/C18H25N/c1-2-3-4-5-9-14-10-8-12-16-15-11-6-7-13-17(15)19-18(14)16/h6-7,11,13-14,19H,2-5,8-10,12H2,1H3. The van der Waals surface area contributed by atoms with Crippen LogP contribution in [0, 0.1) is 0 Å². The Balaban J connectivity index is 1.79. The van der Waals surface area contributed by atoms with E-state index in [0.717, 1.165) is 5.92 Å². The molecule has 2 aromatic rings. The average molecular weight is 255 g/mol. The molecule has 19 heavy (non-hydrogen) atoms. The van der Waals surface area contributed by atoms with Gasteiger partial charge in [0.15, 0.2) is 0 Å². The van der Waals surface area contributed by atoms with Crippen LogP contribution in [0.2, 0.25) is 0 Å². The molecule has 1 aliphatic rings. The fourth-order valence-corrected chi connectivity index (χ4v) is 3.61. The summed E-state index contributed by atoms with van der Waals surface area (Å²) in [5, 5.41) is 1.47. The summed E-state index contributed by atoms with van der Waals surface area (Å²) >= 11 is 0. The van der Waals surface area contributed by atoms with E-state index < -0.39 is 0 Å². The van der Waals surface area contributed by atoms with Crippen molar-refractivity contribution in [2.75, 3.05) is 0 Å². The number of unbranched alkanes of at least 4 members (excludes halogenated alkanes) is 3. The van der Waals surface area contributed by atoms with Crippen LogP contribution in [-0.4, -0.2) is 4.98 Å². The molecule has 1 heterocycles. The second-order valence-electron chi connectivity index (χ2n) is 6.00. The van der Waals surface area contributed by atoms with E-state index in [4.69, 9.17) is 0 Å². The third kappa shape index (κ3) is 2.56. The molecule has 1 aliphatic carbocycles. The third-order valence-corrected chi connectivity index (χ3v) is 4.64. The maximum Gasteiger partial charge on any atom is 0.0459 e. The maximum atomic E-state index is 3.71. The molecule has 1 unspecified atom stereocenters. The lowest BCUT2D eigenvalue weighted by Gasteiger charge is -2.22. The summed E-state index contributed by atoms with van der Waals surface area (Å²) in [6, 6.07) is 8.81. The van der Waals surface area contributed by atoms with E-state index in [1.165, 1.54) is 62.3 Å². The highest BCUT2D eigenvalue weighted by Gasteiger charge is 2.23. The van der Waals surface area contributed by atoms with Crippen LogP contribution in [0.15, 0.2) is 24.3 Å². The molecular formula is C18H25N. The van der Waals surface area contributed by atoms with E-state index >= 15 is 0 Å². The van der Waals surface area contributed by atoms with E-state index in [1.807, 2.05) is 0 Å². The van der Waals surface area contributed by atoms with E-state index in [0.29, 0.717) is 0 Å². The Morgan fingerprint density at radius 1 is 1.16 bits per heavy atom. The second kappa shape index (κ2) is 5.81. The summed E-state index contributed by atoms with van der Waals surface area (Å²) in [5.41, 5.74) is 4.51. The number of H-pyrrole nitrogens is 1. The first kappa shape index (κ1) is 12.8. The lowest BCUT2D eigenvalue weighted by Crippen LogP contribution is -2.09. The van der Waals surface area contributed by atoms with Crippen molar-refractivity contribution in [3.63, 3.8) is 0 Å². The van der Waals surface area contributed by atoms with Crippen LogP contribution in [-0.2, 0) is 6.42 Å². The summed E-state index contributed by atoms with van der Waals surface area (Å²) in [4.78, 5) is 3.71. The average Bonchev–Trinajstić information content (AvgIpc) is 2.83. The molecule has 0 amide bonds. The Labute approximate surface area is 116 Å². The van der Waals surface area contributed by atoms with Crippen molar-refractivity contribution >= 4 is 10.9 Å². The van der Waals surface area contributed by atoms with Crippen molar-refractivity contribution < 1.29 is 0 Å². The molecule has 0 spiro atoms. The van der Waals surface area contributed by atoms with Gasteiger partial charge in [-0.05, 0) is 43.2 Å². The van der Waals surface area contributed by atoms with Crippen molar-refractivity contribution in [2.24, 2.45) is 0 Å². The molecule has 0 radical (unpaired) electrons. The van der Waals surface area contributed by atoms with Gasteiger partial charge in [-0.15, -0.1) is 0 Å². The number of hydrogen-bond donors (Lipinski definition) is 1. The summed E-state index contributed by atoms with van der Waals surface area (Å²) < 4.78 is 0. The number of benzene rings is 1. The molecule has 0 bridgehead atoms. The maximum absolute atomic E-state index is 3.71. The Bertz CT molecular complexity index is 538. The molecule has 1 nitrogen and oxygen atoms in total. The van der Waals surface area contributed by atoms with Gasteiger partial charge < -0.3 is 4.98 Å². The topological polar surface area (TPSA) is 15.8 Å². The number of rotatable bonds is 5. The summed E-state index contributed by atoms with van der Waals surface area (Å²) in [6.45, 7) is 2.29. The largest absolute Gasteiger partial charge is 0.358 e. The van der Waals surface area contributed by atoms with Gasteiger partial charge in [0.1, 0.15) is 0 Å². The highest BCUT2D eigenvalue weighted by Crippen LogP contribution is 2.38. The van der Waals surface area contributed by atoms with Gasteiger partial charge in [-0.3, -0.25) is 0 Å². The molecule has 0 saturated carbocycles. The number of aryl methyl sites for hydroxylation is 1. The lowest BCUT2D eigenvalue weighted by atomic mass is 9.83. The van der Waals surface area contributed by atoms with Crippen molar-refractivity contribution in [3.05, 3.63) is 35.5 Å². The summed E-state index contributed by atoms with van der Waals surface area (Å²) in [7, 11) is 0. The lowest BCUT2D eigenvalue weighted by molar-refractivity contribution is 0.483. The summed E-state index contributed by atoms with van der Waals surface area (Å²) in [5.74, 6) is 0.785. The van der Waals surface area contributed by atoms with Gasteiger partial charge >= 0.3 is 0 Å². The van der Waals surface area contributed by atoms with Gasteiger partial charge in [0, 0.05) is 16.6 Å². The number of aromatic nitrogens is 1. The molecular weight excluding hydrogens is 230 g/mol. The molecule has 1 N–H and O–H groups in total. The van der Waals surface area contributed by atoms with Crippen LogP contribution in [0.1, 0.15) is 69.0 Å². The number of aromatic amines is 1. The van der Waals surface area contributed by atoms with E-state index in [-0.39, 0.29) is 0 Å². The fraction of sp³-hybridized carbons (Fsp3) is 0.556. The minimum atomic E-state index is 0.785.